The minimum absolute atomic E-state index is 0.134. The van der Waals surface area contributed by atoms with E-state index < -0.39 is 11.6 Å². The smallest absolute Gasteiger partial charge is 0.350 e. The molecule has 0 spiro atoms. The molecule has 0 radical (unpaired) electrons. The Morgan fingerprint density at radius 2 is 1.54 bits per heavy atom. The van der Waals surface area contributed by atoms with E-state index in [1.54, 1.807) is 76.2 Å². The van der Waals surface area contributed by atoms with E-state index in [4.69, 9.17) is 10.8 Å². The first kappa shape index (κ1) is 16.2. The van der Waals surface area contributed by atoms with Crippen LogP contribution in [0.5, 0.6) is 5.75 Å². The van der Waals surface area contributed by atoms with Crippen molar-refractivity contribution in [3.05, 3.63) is 65.7 Å². The Labute approximate surface area is 143 Å². The maximum atomic E-state index is 12.4. The van der Waals surface area contributed by atoms with Gasteiger partial charge in [0.15, 0.2) is 11.4 Å². The van der Waals surface area contributed by atoms with Crippen LogP contribution in [0.1, 0.15) is 45.0 Å². The van der Waals surface area contributed by atoms with Gasteiger partial charge in [-0.25, -0.2) is 4.79 Å². The third-order valence-electron chi connectivity index (χ3n) is 3.30. The molecule has 2 aromatic carbocycles. The van der Waals surface area contributed by atoms with Crippen molar-refractivity contribution in [2.75, 3.05) is 0 Å². The SMILES string of the molecule is [2H]c1ccc(C(=O)c2ccc(OC(C)(C)C(=O)OC(C)C)cc2)cc1. The van der Waals surface area contributed by atoms with Gasteiger partial charge >= 0.3 is 5.97 Å². The first-order valence-corrected chi connectivity index (χ1v) is 7.80. The molecule has 0 aliphatic rings. The van der Waals surface area contributed by atoms with Gasteiger partial charge in [-0.1, -0.05) is 30.3 Å². The first-order valence-electron chi connectivity index (χ1n) is 8.30. The zero-order valence-electron chi connectivity index (χ0n) is 15.3. The minimum atomic E-state index is -1.13. The summed E-state index contributed by atoms with van der Waals surface area (Å²) in [5.74, 6) is -0.105. The van der Waals surface area contributed by atoms with E-state index >= 15 is 0 Å². The van der Waals surface area contributed by atoms with E-state index in [0.717, 1.165) is 0 Å². The van der Waals surface area contributed by atoms with E-state index in [9.17, 15) is 9.59 Å². The van der Waals surface area contributed by atoms with Gasteiger partial charge < -0.3 is 9.47 Å². The molecule has 2 rings (SSSR count). The van der Waals surface area contributed by atoms with Gasteiger partial charge in [-0.15, -0.1) is 0 Å². The highest BCUT2D eigenvalue weighted by Crippen LogP contribution is 2.21. The third-order valence-corrected chi connectivity index (χ3v) is 3.30. The molecule has 4 nitrogen and oxygen atoms in total. The van der Waals surface area contributed by atoms with Crippen molar-refractivity contribution < 1.29 is 20.4 Å². The lowest BCUT2D eigenvalue weighted by molar-refractivity contribution is -0.163. The fraction of sp³-hybridized carbons (Fsp3) is 0.300. The maximum absolute atomic E-state index is 12.4. The maximum Gasteiger partial charge on any atom is 0.350 e. The number of hydrogen-bond acceptors (Lipinski definition) is 4. The molecule has 0 heterocycles. The van der Waals surface area contributed by atoms with E-state index in [2.05, 4.69) is 0 Å². The molecule has 0 aliphatic heterocycles. The summed E-state index contributed by atoms with van der Waals surface area (Å²) in [6.45, 7) is 6.83. The number of carbonyl (C=O) groups excluding carboxylic acids is 2. The predicted octanol–water partition coefficient (Wildman–Crippen LogP) is 4.03. The quantitative estimate of drug-likeness (QED) is 0.594. The van der Waals surface area contributed by atoms with E-state index in [1.807, 2.05) is 0 Å². The molecule has 0 saturated carbocycles. The molecule has 0 bridgehead atoms. The number of rotatable bonds is 6. The normalized spacial score (nSPS) is 11.8. The second-order valence-electron chi connectivity index (χ2n) is 6.21. The largest absolute Gasteiger partial charge is 0.476 e. The summed E-state index contributed by atoms with van der Waals surface area (Å²) in [5, 5.41) is 0. The molecule has 2 aromatic rings. The van der Waals surface area contributed by atoms with Crippen LogP contribution in [0.2, 0.25) is 0 Å². The van der Waals surface area contributed by atoms with Crippen LogP contribution in [0, 0.1) is 0 Å². The Bertz CT molecular complexity index is 746. The van der Waals surface area contributed by atoms with Gasteiger partial charge in [-0.2, -0.15) is 0 Å². The van der Waals surface area contributed by atoms with E-state index in [1.165, 1.54) is 0 Å². The predicted molar refractivity (Wildman–Crippen MR) is 92.3 cm³/mol. The van der Waals surface area contributed by atoms with Crippen LogP contribution >= 0.6 is 0 Å². The highest BCUT2D eigenvalue weighted by molar-refractivity contribution is 6.08. The summed E-state index contributed by atoms with van der Waals surface area (Å²) < 4.78 is 18.4. The number of ether oxygens (including phenoxy) is 2. The Balaban J connectivity index is 2.10. The van der Waals surface area contributed by atoms with Crippen molar-refractivity contribution in [2.45, 2.75) is 39.4 Å². The summed E-state index contributed by atoms with van der Waals surface area (Å²) in [7, 11) is 0. The Kier molecular flexibility index (Phi) is 4.94. The zero-order valence-corrected chi connectivity index (χ0v) is 14.3. The number of carbonyl (C=O) groups is 2. The van der Waals surface area contributed by atoms with Crippen LogP contribution in [0.4, 0.5) is 0 Å². The molecule has 0 saturated heterocycles. The average Bonchev–Trinajstić information content (AvgIpc) is 2.54. The van der Waals surface area contributed by atoms with Gasteiger partial charge in [0, 0.05) is 11.1 Å². The molecule has 4 heteroatoms. The number of benzene rings is 2. The van der Waals surface area contributed by atoms with Crippen molar-refractivity contribution in [3.8, 4) is 5.75 Å². The van der Waals surface area contributed by atoms with Crippen molar-refractivity contribution in [2.24, 2.45) is 0 Å². The van der Waals surface area contributed by atoms with Crippen LogP contribution < -0.4 is 4.74 Å². The van der Waals surface area contributed by atoms with Crippen molar-refractivity contribution in [1.29, 1.82) is 0 Å². The highest BCUT2D eigenvalue weighted by Gasteiger charge is 2.32. The molecular formula is C20H22O4. The third kappa shape index (κ3) is 4.44. The van der Waals surface area contributed by atoms with Gasteiger partial charge in [0.1, 0.15) is 5.75 Å². The molecule has 0 amide bonds. The topological polar surface area (TPSA) is 52.6 Å². The molecule has 0 atom stereocenters. The van der Waals surface area contributed by atoms with Crippen LogP contribution in [-0.4, -0.2) is 23.5 Å². The van der Waals surface area contributed by atoms with Crippen LogP contribution in [0.25, 0.3) is 0 Å². The summed E-state index contributed by atoms with van der Waals surface area (Å²) >= 11 is 0. The van der Waals surface area contributed by atoms with Crippen molar-refractivity contribution >= 4 is 11.8 Å². The molecule has 0 N–H and O–H groups in total. The van der Waals surface area contributed by atoms with Gasteiger partial charge in [0.25, 0.3) is 0 Å². The van der Waals surface area contributed by atoms with E-state index in [0.29, 0.717) is 22.9 Å². The lowest BCUT2D eigenvalue weighted by Crippen LogP contribution is -2.40. The molecule has 126 valence electrons. The van der Waals surface area contributed by atoms with Crippen LogP contribution in [0.3, 0.4) is 0 Å². The van der Waals surface area contributed by atoms with Crippen LogP contribution in [-0.2, 0) is 9.53 Å². The molecule has 0 aliphatic carbocycles. The summed E-state index contributed by atoms with van der Waals surface area (Å²) in [5.41, 5.74) is -0.0992. The Hall–Kier alpha value is -2.62. The lowest BCUT2D eigenvalue weighted by Gasteiger charge is -2.25. The second kappa shape index (κ2) is 7.30. The second-order valence-corrected chi connectivity index (χ2v) is 6.21. The number of esters is 1. The summed E-state index contributed by atoms with van der Waals surface area (Å²) in [4.78, 5) is 24.5. The highest BCUT2D eigenvalue weighted by atomic mass is 16.6. The van der Waals surface area contributed by atoms with Crippen molar-refractivity contribution in [1.82, 2.24) is 0 Å². The Morgan fingerprint density at radius 1 is 1.00 bits per heavy atom. The van der Waals surface area contributed by atoms with Crippen LogP contribution in [0.15, 0.2) is 54.6 Å². The van der Waals surface area contributed by atoms with Gasteiger partial charge in [0.05, 0.1) is 7.47 Å². The molecule has 0 unspecified atom stereocenters. The van der Waals surface area contributed by atoms with E-state index in [-0.39, 0.29) is 11.9 Å². The summed E-state index contributed by atoms with van der Waals surface area (Å²) in [6.07, 6.45) is -0.217. The first-order chi connectivity index (χ1) is 11.7. The number of ketones is 1. The fourth-order valence-corrected chi connectivity index (χ4v) is 2.07. The molecule has 0 aromatic heterocycles. The zero-order chi connectivity index (χ0) is 18.6. The average molecular weight is 327 g/mol. The molecule has 0 fully saturated rings. The minimum Gasteiger partial charge on any atom is -0.476 e. The standard InChI is InChI=1S/C20H22O4/c1-14(2)23-19(22)20(3,4)24-17-12-10-16(11-13-17)18(21)15-8-6-5-7-9-15/h5-14H,1-4H3/i5D. The van der Waals surface area contributed by atoms with Gasteiger partial charge in [-0.3, -0.25) is 4.79 Å². The number of hydrogen-bond donors (Lipinski definition) is 0. The molecular weight excluding hydrogens is 304 g/mol. The van der Waals surface area contributed by atoms with Gasteiger partial charge in [-0.05, 0) is 52.0 Å². The Morgan fingerprint density at radius 3 is 2.08 bits per heavy atom. The van der Waals surface area contributed by atoms with Gasteiger partial charge in [0.2, 0.25) is 0 Å². The van der Waals surface area contributed by atoms with Crippen molar-refractivity contribution in [3.63, 3.8) is 0 Å². The summed E-state index contributed by atoms with van der Waals surface area (Å²) in [6, 6.07) is 13.4. The monoisotopic (exact) mass is 327 g/mol. The fourth-order valence-electron chi connectivity index (χ4n) is 2.07. The lowest BCUT2D eigenvalue weighted by atomic mass is 10.0. The molecule has 24 heavy (non-hydrogen) atoms.